The second-order valence-electron chi connectivity index (χ2n) is 3.28. The number of carbonyl (C=O) groups is 1. The Labute approximate surface area is 124 Å². The maximum absolute atomic E-state index is 12.4. The van der Waals surface area contributed by atoms with Crippen LogP contribution >= 0.6 is 35.1 Å². The number of anilines is 1. The van der Waals surface area contributed by atoms with Crippen LogP contribution in [-0.4, -0.2) is 22.9 Å². The van der Waals surface area contributed by atoms with Crippen LogP contribution in [0.25, 0.3) is 0 Å². The van der Waals surface area contributed by atoms with Crippen molar-refractivity contribution in [1.82, 2.24) is 0 Å². The minimum absolute atomic E-state index is 0.0171. The van der Waals surface area contributed by atoms with E-state index in [2.05, 4.69) is 5.32 Å². The SMILES string of the molecule is O=C(CSC(F)(F)F)Nc1cccc(Cl)c1SC(F)F. The van der Waals surface area contributed by atoms with Gasteiger partial charge >= 0.3 is 5.51 Å². The van der Waals surface area contributed by atoms with Gasteiger partial charge in [0.1, 0.15) is 0 Å². The summed E-state index contributed by atoms with van der Waals surface area (Å²) < 4.78 is 60.5. The van der Waals surface area contributed by atoms with Crippen LogP contribution in [0.1, 0.15) is 0 Å². The Balaban J connectivity index is 2.76. The maximum atomic E-state index is 12.4. The van der Waals surface area contributed by atoms with Crippen LogP contribution in [0.2, 0.25) is 5.02 Å². The first-order valence-corrected chi connectivity index (χ1v) is 7.17. The molecular weight excluding hydrogens is 345 g/mol. The van der Waals surface area contributed by atoms with Crippen LogP contribution in [0, 0.1) is 0 Å². The smallest absolute Gasteiger partial charge is 0.324 e. The summed E-state index contributed by atoms with van der Waals surface area (Å²) in [5, 5.41) is 2.11. The summed E-state index contributed by atoms with van der Waals surface area (Å²) in [4.78, 5) is 11.2. The van der Waals surface area contributed by atoms with E-state index in [1.54, 1.807) is 0 Å². The average Bonchev–Trinajstić information content (AvgIpc) is 2.30. The molecule has 2 nitrogen and oxygen atoms in total. The number of alkyl halides is 5. The molecule has 1 aromatic rings. The molecule has 112 valence electrons. The maximum Gasteiger partial charge on any atom is 0.442 e. The molecule has 1 aromatic carbocycles. The van der Waals surface area contributed by atoms with Crippen molar-refractivity contribution >= 4 is 46.7 Å². The van der Waals surface area contributed by atoms with Gasteiger partial charge in [-0.15, -0.1) is 0 Å². The molecular formula is C10H7ClF5NOS2. The topological polar surface area (TPSA) is 29.1 Å². The fourth-order valence-corrected chi connectivity index (χ4v) is 2.43. The van der Waals surface area contributed by atoms with E-state index in [0.29, 0.717) is 0 Å². The fraction of sp³-hybridized carbons (Fsp3) is 0.300. The van der Waals surface area contributed by atoms with Crippen molar-refractivity contribution in [3.05, 3.63) is 23.2 Å². The summed E-state index contributed by atoms with van der Waals surface area (Å²) in [7, 11) is 0. The number of amides is 1. The van der Waals surface area contributed by atoms with Crippen LogP contribution in [-0.2, 0) is 4.79 Å². The van der Waals surface area contributed by atoms with Gasteiger partial charge in [-0.2, -0.15) is 22.0 Å². The van der Waals surface area contributed by atoms with Crippen LogP contribution in [0.5, 0.6) is 0 Å². The highest BCUT2D eigenvalue weighted by molar-refractivity contribution is 8.00. The van der Waals surface area contributed by atoms with Crippen molar-refractivity contribution in [2.45, 2.75) is 16.2 Å². The van der Waals surface area contributed by atoms with Gasteiger partial charge in [0.2, 0.25) is 5.91 Å². The zero-order chi connectivity index (χ0) is 15.3. The average molecular weight is 352 g/mol. The monoisotopic (exact) mass is 351 g/mol. The molecule has 0 saturated heterocycles. The molecule has 20 heavy (non-hydrogen) atoms. The van der Waals surface area contributed by atoms with E-state index in [4.69, 9.17) is 11.6 Å². The van der Waals surface area contributed by atoms with Gasteiger partial charge in [-0.25, -0.2) is 0 Å². The minimum Gasteiger partial charge on any atom is -0.324 e. The van der Waals surface area contributed by atoms with Gasteiger partial charge in [-0.3, -0.25) is 4.79 Å². The second kappa shape index (κ2) is 7.37. The largest absolute Gasteiger partial charge is 0.442 e. The van der Waals surface area contributed by atoms with Gasteiger partial charge in [0.05, 0.1) is 21.4 Å². The molecule has 0 unspecified atom stereocenters. The summed E-state index contributed by atoms with van der Waals surface area (Å²) in [5.74, 6) is -4.59. The van der Waals surface area contributed by atoms with E-state index in [-0.39, 0.29) is 27.4 Å². The van der Waals surface area contributed by atoms with E-state index >= 15 is 0 Å². The number of halogens is 6. The number of thioether (sulfide) groups is 2. The van der Waals surface area contributed by atoms with Crippen molar-refractivity contribution in [3.8, 4) is 0 Å². The Morgan fingerprint density at radius 3 is 2.55 bits per heavy atom. The molecule has 0 aliphatic carbocycles. The standard InChI is InChI=1S/C10H7ClF5NOS2/c11-5-2-1-3-6(8(5)20-9(12)13)17-7(18)4-19-10(14,15)16/h1-3,9H,4H2,(H,17,18). The molecule has 0 spiro atoms. The third kappa shape index (κ3) is 6.19. The lowest BCUT2D eigenvalue weighted by Crippen LogP contribution is -2.17. The van der Waals surface area contributed by atoms with Crippen molar-refractivity contribution < 1.29 is 26.7 Å². The van der Waals surface area contributed by atoms with Crippen molar-refractivity contribution in [3.63, 3.8) is 0 Å². The number of benzene rings is 1. The van der Waals surface area contributed by atoms with Gasteiger partial charge in [0.25, 0.3) is 5.76 Å². The predicted octanol–water partition coefficient (Wildman–Crippen LogP) is 4.85. The number of hydrogen-bond donors (Lipinski definition) is 1. The van der Waals surface area contributed by atoms with Gasteiger partial charge in [-0.1, -0.05) is 29.4 Å². The second-order valence-corrected chi connectivity index (χ2v) is 5.73. The van der Waals surface area contributed by atoms with Gasteiger partial charge in [-0.05, 0) is 23.9 Å². The number of carbonyl (C=O) groups excluding carboxylic acids is 1. The summed E-state index contributed by atoms with van der Waals surface area (Å²) in [6.45, 7) is 0. The van der Waals surface area contributed by atoms with Gasteiger partial charge in [0.15, 0.2) is 0 Å². The van der Waals surface area contributed by atoms with E-state index < -0.39 is 34.7 Å². The lowest BCUT2D eigenvalue weighted by atomic mass is 10.3. The van der Waals surface area contributed by atoms with Crippen LogP contribution < -0.4 is 5.32 Å². The normalized spacial score (nSPS) is 11.8. The van der Waals surface area contributed by atoms with E-state index in [1.165, 1.54) is 18.2 Å². The highest BCUT2D eigenvalue weighted by Gasteiger charge is 2.29. The lowest BCUT2D eigenvalue weighted by molar-refractivity contribution is -0.114. The Bertz CT molecular complexity index is 483. The molecule has 0 heterocycles. The Hall–Kier alpha value is -0.670. The van der Waals surface area contributed by atoms with Crippen LogP contribution in [0.15, 0.2) is 23.1 Å². The zero-order valence-electron chi connectivity index (χ0n) is 9.51. The molecule has 0 aromatic heterocycles. The number of rotatable bonds is 5. The molecule has 0 atom stereocenters. The minimum atomic E-state index is -4.54. The van der Waals surface area contributed by atoms with Crippen molar-refractivity contribution in [2.24, 2.45) is 0 Å². The third-order valence-electron chi connectivity index (χ3n) is 1.81. The molecule has 0 aliphatic heterocycles. The number of nitrogens with one attached hydrogen (secondary N) is 1. The molecule has 0 fully saturated rings. The molecule has 0 aliphatic rings. The molecule has 0 bridgehead atoms. The Kier molecular flexibility index (Phi) is 6.41. The summed E-state index contributed by atoms with van der Waals surface area (Å²) >= 11 is 5.31. The van der Waals surface area contributed by atoms with E-state index in [0.717, 1.165) is 0 Å². The fourth-order valence-electron chi connectivity index (χ4n) is 1.15. The van der Waals surface area contributed by atoms with Gasteiger partial charge < -0.3 is 5.32 Å². The van der Waals surface area contributed by atoms with Crippen molar-refractivity contribution in [2.75, 3.05) is 11.1 Å². The molecule has 0 radical (unpaired) electrons. The molecule has 1 amide bonds. The third-order valence-corrected chi connectivity index (χ3v) is 3.83. The first kappa shape index (κ1) is 17.4. The summed E-state index contributed by atoms with van der Waals surface area (Å²) in [6, 6.07) is 4.02. The molecule has 1 rings (SSSR count). The highest BCUT2D eigenvalue weighted by atomic mass is 35.5. The summed E-state index contributed by atoms with van der Waals surface area (Å²) in [5.41, 5.74) is -4.58. The van der Waals surface area contributed by atoms with Crippen molar-refractivity contribution in [1.29, 1.82) is 0 Å². The van der Waals surface area contributed by atoms with E-state index in [1.807, 2.05) is 0 Å². The van der Waals surface area contributed by atoms with Crippen LogP contribution in [0.4, 0.5) is 27.6 Å². The molecule has 1 N–H and O–H groups in total. The zero-order valence-corrected chi connectivity index (χ0v) is 11.9. The first-order chi connectivity index (χ1) is 9.19. The quantitative estimate of drug-likeness (QED) is 0.607. The molecule has 10 heteroatoms. The lowest BCUT2D eigenvalue weighted by Gasteiger charge is -2.12. The highest BCUT2D eigenvalue weighted by Crippen LogP contribution is 2.38. The first-order valence-electron chi connectivity index (χ1n) is 4.93. The van der Waals surface area contributed by atoms with Gasteiger partial charge in [0, 0.05) is 0 Å². The molecule has 0 saturated carbocycles. The number of hydrogen-bond acceptors (Lipinski definition) is 3. The Morgan fingerprint density at radius 2 is 2.00 bits per heavy atom. The van der Waals surface area contributed by atoms with Crippen LogP contribution in [0.3, 0.4) is 0 Å². The summed E-state index contributed by atoms with van der Waals surface area (Å²) in [6.07, 6.45) is 0. The Morgan fingerprint density at radius 1 is 1.35 bits per heavy atom. The predicted molar refractivity (Wildman–Crippen MR) is 70.5 cm³/mol. The van der Waals surface area contributed by atoms with E-state index in [9.17, 15) is 26.7 Å².